The quantitative estimate of drug-likeness (QED) is 0.121. The van der Waals surface area contributed by atoms with Crippen LogP contribution in [0.5, 0.6) is 0 Å². The van der Waals surface area contributed by atoms with Gasteiger partial charge in [0.15, 0.2) is 10.9 Å². The number of aromatic nitrogens is 2. The fourth-order valence-electron chi connectivity index (χ4n) is 3.69. The standard InChI is InChI=1S/C28H28FN3O5S/c1-18(2)36-14-4-12-30-26(34)20-8-11-23-24(15-20)31-28(32(27(23)35)16-22-5-3-13-37-22)38-17-25(33)19-6-9-21(29)10-7-19/h3,5-11,13,15,18H,4,12,14,16-17H2,1-2H3,(H,30,34). The van der Waals surface area contributed by atoms with Crippen LogP contribution in [0.15, 0.2) is 75.2 Å². The number of rotatable bonds is 12. The van der Waals surface area contributed by atoms with Crippen molar-refractivity contribution in [1.82, 2.24) is 14.9 Å². The molecule has 0 saturated carbocycles. The van der Waals surface area contributed by atoms with Crippen LogP contribution >= 0.6 is 11.8 Å². The van der Waals surface area contributed by atoms with Gasteiger partial charge in [0.1, 0.15) is 11.6 Å². The molecule has 38 heavy (non-hydrogen) atoms. The van der Waals surface area contributed by atoms with E-state index < -0.39 is 5.82 Å². The SMILES string of the molecule is CC(C)OCCCNC(=O)c1ccc2c(=O)n(Cc3ccco3)c(SCC(=O)c3ccc(F)cc3)nc2c1. The van der Waals surface area contributed by atoms with E-state index in [9.17, 15) is 18.8 Å². The van der Waals surface area contributed by atoms with E-state index in [4.69, 9.17) is 9.15 Å². The average molecular weight is 538 g/mol. The van der Waals surface area contributed by atoms with Gasteiger partial charge in [-0.05, 0) is 74.9 Å². The Morgan fingerprint density at radius 2 is 1.89 bits per heavy atom. The van der Waals surface area contributed by atoms with Crippen molar-refractivity contribution in [3.63, 3.8) is 0 Å². The normalized spacial score (nSPS) is 11.3. The summed E-state index contributed by atoms with van der Waals surface area (Å²) in [5, 5.41) is 3.49. The highest BCUT2D eigenvalue weighted by molar-refractivity contribution is 7.99. The topological polar surface area (TPSA) is 103 Å². The minimum absolute atomic E-state index is 0.0135. The first-order valence-electron chi connectivity index (χ1n) is 12.2. The molecular weight excluding hydrogens is 509 g/mol. The Hall–Kier alpha value is -3.76. The molecule has 0 saturated heterocycles. The predicted molar refractivity (Wildman–Crippen MR) is 143 cm³/mol. The van der Waals surface area contributed by atoms with E-state index in [1.165, 1.54) is 35.1 Å². The van der Waals surface area contributed by atoms with Gasteiger partial charge in [-0.2, -0.15) is 0 Å². The lowest BCUT2D eigenvalue weighted by Gasteiger charge is -2.13. The number of carbonyl (C=O) groups excluding carboxylic acids is 2. The summed E-state index contributed by atoms with van der Waals surface area (Å²) in [5.74, 6) is -0.402. The van der Waals surface area contributed by atoms with Gasteiger partial charge in [0.2, 0.25) is 0 Å². The van der Waals surface area contributed by atoms with Crippen LogP contribution in [0.4, 0.5) is 4.39 Å². The number of amides is 1. The van der Waals surface area contributed by atoms with Gasteiger partial charge in [0, 0.05) is 24.3 Å². The number of hydrogen-bond acceptors (Lipinski definition) is 7. The fourth-order valence-corrected chi connectivity index (χ4v) is 4.59. The number of furan rings is 1. The van der Waals surface area contributed by atoms with E-state index in [2.05, 4.69) is 10.3 Å². The molecule has 2 aromatic carbocycles. The van der Waals surface area contributed by atoms with Crippen LogP contribution in [0.1, 0.15) is 46.7 Å². The number of carbonyl (C=O) groups is 2. The summed E-state index contributed by atoms with van der Waals surface area (Å²) in [6, 6.07) is 13.5. The number of thioether (sulfide) groups is 1. The Morgan fingerprint density at radius 3 is 2.61 bits per heavy atom. The molecule has 198 valence electrons. The average Bonchev–Trinajstić information content (AvgIpc) is 3.42. The lowest BCUT2D eigenvalue weighted by Crippen LogP contribution is -2.26. The Labute approximate surface area is 223 Å². The first-order valence-corrected chi connectivity index (χ1v) is 13.2. The van der Waals surface area contributed by atoms with Crippen molar-refractivity contribution in [3.8, 4) is 0 Å². The summed E-state index contributed by atoms with van der Waals surface area (Å²) in [5.41, 5.74) is 0.757. The number of hydrogen-bond donors (Lipinski definition) is 1. The Balaban J connectivity index is 1.58. The molecule has 0 aliphatic carbocycles. The third-order valence-corrected chi connectivity index (χ3v) is 6.61. The zero-order valence-corrected chi connectivity index (χ0v) is 21.9. The van der Waals surface area contributed by atoms with Gasteiger partial charge in [-0.15, -0.1) is 0 Å². The van der Waals surface area contributed by atoms with Gasteiger partial charge in [-0.3, -0.25) is 19.0 Å². The van der Waals surface area contributed by atoms with Crippen molar-refractivity contribution in [2.75, 3.05) is 18.9 Å². The molecule has 10 heteroatoms. The molecule has 0 bridgehead atoms. The molecule has 0 unspecified atom stereocenters. The fraction of sp³-hybridized carbons (Fsp3) is 0.286. The maximum atomic E-state index is 13.4. The molecule has 4 aromatic rings. The second-order valence-corrected chi connectivity index (χ2v) is 9.79. The highest BCUT2D eigenvalue weighted by Crippen LogP contribution is 2.21. The number of ketones is 1. The van der Waals surface area contributed by atoms with Crippen LogP contribution in [0, 0.1) is 5.82 Å². The summed E-state index contributed by atoms with van der Waals surface area (Å²) in [4.78, 5) is 43.4. The molecule has 0 radical (unpaired) electrons. The zero-order valence-electron chi connectivity index (χ0n) is 21.1. The molecule has 4 rings (SSSR count). The number of benzene rings is 2. The van der Waals surface area contributed by atoms with Crippen molar-refractivity contribution in [3.05, 3.63) is 93.9 Å². The maximum Gasteiger partial charge on any atom is 0.262 e. The number of nitrogens with zero attached hydrogens (tertiary/aromatic N) is 2. The summed E-state index contributed by atoms with van der Waals surface area (Å²) in [7, 11) is 0. The molecule has 2 aromatic heterocycles. The Morgan fingerprint density at radius 1 is 1.13 bits per heavy atom. The van der Waals surface area contributed by atoms with Gasteiger partial charge in [0.05, 0.1) is 35.6 Å². The minimum atomic E-state index is -0.429. The molecule has 0 atom stereocenters. The van der Waals surface area contributed by atoms with Gasteiger partial charge >= 0.3 is 0 Å². The predicted octanol–water partition coefficient (Wildman–Crippen LogP) is 4.70. The van der Waals surface area contributed by atoms with Crippen LogP contribution in [0.25, 0.3) is 10.9 Å². The number of nitrogens with one attached hydrogen (secondary N) is 1. The largest absolute Gasteiger partial charge is 0.467 e. The third kappa shape index (κ3) is 6.96. The monoisotopic (exact) mass is 537 g/mol. The van der Waals surface area contributed by atoms with Gasteiger partial charge < -0.3 is 14.5 Å². The third-order valence-electron chi connectivity index (χ3n) is 5.63. The van der Waals surface area contributed by atoms with E-state index >= 15 is 0 Å². The Bertz CT molecular complexity index is 1470. The van der Waals surface area contributed by atoms with Crippen molar-refractivity contribution in [2.45, 2.75) is 38.1 Å². The number of halogens is 1. The highest BCUT2D eigenvalue weighted by Gasteiger charge is 2.17. The maximum absolute atomic E-state index is 13.4. The number of fused-ring (bicyclic) bond motifs is 1. The van der Waals surface area contributed by atoms with Gasteiger partial charge in [0.25, 0.3) is 11.5 Å². The highest BCUT2D eigenvalue weighted by atomic mass is 32.2. The molecular formula is C28H28FN3O5S. The van der Waals surface area contributed by atoms with Crippen LogP contribution in [0.3, 0.4) is 0 Å². The van der Waals surface area contributed by atoms with Crippen molar-refractivity contribution in [1.29, 1.82) is 0 Å². The number of ether oxygens (including phenoxy) is 1. The van der Waals surface area contributed by atoms with E-state index in [0.717, 1.165) is 11.8 Å². The molecule has 0 fully saturated rings. The molecule has 8 nitrogen and oxygen atoms in total. The lowest BCUT2D eigenvalue weighted by atomic mass is 10.1. The smallest absolute Gasteiger partial charge is 0.262 e. The Kier molecular flexibility index (Phi) is 9.09. The molecule has 0 spiro atoms. The summed E-state index contributed by atoms with van der Waals surface area (Å²) >= 11 is 1.09. The first kappa shape index (κ1) is 27.3. The molecule has 2 heterocycles. The first-order chi connectivity index (χ1) is 18.3. The van der Waals surface area contributed by atoms with E-state index in [0.29, 0.717) is 52.5 Å². The second-order valence-electron chi connectivity index (χ2n) is 8.84. The van der Waals surface area contributed by atoms with Crippen LogP contribution < -0.4 is 10.9 Å². The van der Waals surface area contributed by atoms with Crippen molar-refractivity contribution in [2.24, 2.45) is 0 Å². The van der Waals surface area contributed by atoms with Gasteiger partial charge in [-0.25, -0.2) is 9.37 Å². The van der Waals surface area contributed by atoms with Crippen molar-refractivity contribution < 1.29 is 23.1 Å². The summed E-state index contributed by atoms with van der Waals surface area (Å²) in [6.45, 7) is 5.03. The van der Waals surface area contributed by atoms with Crippen LogP contribution in [-0.4, -0.2) is 46.2 Å². The molecule has 0 aliphatic rings. The summed E-state index contributed by atoms with van der Waals surface area (Å²) in [6.07, 6.45) is 2.32. The molecule has 1 N–H and O–H groups in total. The number of Topliss-reactive ketones (excluding diaryl/α,β-unsaturated/α-hetero) is 1. The molecule has 1 amide bonds. The second kappa shape index (κ2) is 12.7. The van der Waals surface area contributed by atoms with Crippen LogP contribution in [0.2, 0.25) is 0 Å². The van der Waals surface area contributed by atoms with E-state index in [-0.39, 0.29) is 35.7 Å². The molecule has 0 aliphatic heterocycles. The minimum Gasteiger partial charge on any atom is -0.467 e. The zero-order chi connectivity index (χ0) is 27.1. The lowest BCUT2D eigenvalue weighted by molar-refractivity contribution is 0.0757. The van der Waals surface area contributed by atoms with Crippen molar-refractivity contribution >= 4 is 34.4 Å². The van der Waals surface area contributed by atoms with Crippen LogP contribution in [-0.2, 0) is 11.3 Å². The van der Waals surface area contributed by atoms with E-state index in [1.54, 1.807) is 30.3 Å². The van der Waals surface area contributed by atoms with Gasteiger partial charge in [-0.1, -0.05) is 11.8 Å². The van der Waals surface area contributed by atoms with E-state index in [1.807, 2.05) is 13.8 Å². The summed E-state index contributed by atoms with van der Waals surface area (Å²) < 4.78 is 25.6.